The van der Waals surface area contributed by atoms with Crippen molar-refractivity contribution >= 4 is 20.0 Å². The topological polar surface area (TPSA) is 109 Å². The molecular weight excluding hydrogens is 220 g/mol. The summed E-state index contributed by atoms with van der Waals surface area (Å²) in [6.45, 7) is 0. The molecular formula is C5H10O6S2. The van der Waals surface area contributed by atoms with E-state index in [2.05, 4.69) is 0 Å². The van der Waals surface area contributed by atoms with Gasteiger partial charge in [0.05, 0.1) is 11.5 Å². The lowest BCUT2D eigenvalue weighted by Crippen LogP contribution is -2.48. The molecule has 1 heterocycles. The second kappa shape index (κ2) is 2.91. The SMILES string of the molecule is O=S1(=O)CCCC(O)(S(=O)(=O)O)C1. The second-order valence-corrected chi connectivity index (χ2v) is 7.01. The summed E-state index contributed by atoms with van der Waals surface area (Å²) in [5.41, 5.74) is 0. The Kier molecular flexibility index (Phi) is 2.44. The van der Waals surface area contributed by atoms with Crippen LogP contribution in [0, 0.1) is 0 Å². The van der Waals surface area contributed by atoms with E-state index in [1.54, 1.807) is 0 Å². The van der Waals surface area contributed by atoms with Crippen LogP contribution in [0.1, 0.15) is 12.8 Å². The Hall–Kier alpha value is -0.180. The largest absolute Gasteiger partial charge is 0.372 e. The highest BCUT2D eigenvalue weighted by molar-refractivity contribution is 7.93. The quantitative estimate of drug-likeness (QED) is 0.546. The van der Waals surface area contributed by atoms with E-state index in [0.29, 0.717) is 0 Å². The van der Waals surface area contributed by atoms with Gasteiger partial charge in [-0.2, -0.15) is 8.42 Å². The van der Waals surface area contributed by atoms with Crippen molar-refractivity contribution in [2.24, 2.45) is 0 Å². The zero-order valence-corrected chi connectivity index (χ0v) is 8.31. The van der Waals surface area contributed by atoms with Gasteiger partial charge in [-0.05, 0) is 12.8 Å². The maximum atomic E-state index is 11.0. The van der Waals surface area contributed by atoms with E-state index in [1.807, 2.05) is 0 Å². The van der Waals surface area contributed by atoms with Gasteiger partial charge >= 0.3 is 0 Å². The van der Waals surface area contributed by atoms with Gasteiger partial charge in [-0.15, -0.1) is 0 Å². The van der Waals surface area contributed by atoms with Crippen LogP contribution in [-0.4, -0.2) is 42.9 Å². The minimum atomic E-state index is -4.72. The van der Waals surface area contributed by atoms with Gasteiger partial charge in [0.25, 0.3) is 10.1 Å². The highest BCUT2D eigenvalue weighted by Gasteiger charge is 2.47. The van der Waals surface area contributed by atoms with Crippen molar-refractivity contribution in [1.29, 1.82) is 0 Å². The molecule has 13 heavy (non-hydrogen) atoms. The molecule has 0 aliphatic carbocycles. The average Bonchev–Trinajstić information content (AvgIpc) is 1.80. The summed E-state index contributed by atoms with van der Waals surface area (Å²) in [5, 5.41) is 9.33. The predicted octanol–water partition coefficient (Wildman–Crippen LogP) is -1.23. The van der Waals surface area contributed by atoms with Gasteiger partial charge in [0.2, 0.25) is 4.93 Å². The van der Waals surface area contributed by atoms with Crippen molar-refractivity contribution in [2.75, 3.05) is 11.5 Å². The summed E-state index contributed by atoms with van der Waals surface area (Å²) in [4.78, 5) is -2.51. The zero-order chi connectivity index (χ0) is 10.3. The average molecular weight is 230 g/mol. The van der Waals surface area contributed by atoms with Crippen molar-refractivity contribution < 1.29 is 26.5 Å². The van der Waals surface area contributed by atoms with Crippen LogP contribution in [0.3, 0.4) is 0 Å². The highest BCUT2D eigenvalue weighted by atomic mass is 32.2. The smallest absolute Gasteiger partial charge is 0.296 e. The molecule has 8 heteroatoms. The van der Waals surface area contributed by atoms with E-state index >= 15 is 0 Å². The Labute approximate surface area is 76.2 Å². The van der Waals surface area contributed by atoms with Crippen LogP contribution in [0.2, 0.25) is 0 Å². The predicted molar refractivity (Wildman–Crippen MR) is 44.4 cm³/mol. The molecule has 1 unspecified atom stereocenters. The van der Waals surface area contributed by atoms with Gasteiger partial charge in [-0.1, -0.05) is 0 Å². The Morgan fingerprint density at radius 3 is 2.15 bits per heavy atom. The molecule has 0 aromatic rings. The van der Waals surface area contributed by atoms with Crippen LogP contribution in [0.5, 0.6) is 0 Å². The molecule has 0 aromatic heterocycles. The summed E-state index contributed by atoms with van der Waals surface area (Å²) >= 11 is 0. The summed E-state index contributed by atoms with van der Waals surface area (Å²) in [7, 11) is -8.28. The van der Waals surface area contributed by atoms with Crippen LogP contribution in [-0.2, 0) is 20.0 Å². The molecule has 0 bridgehead atoms. The van der Waals surface area contributed by atoms with Gasteiger partial charge in [0, 0.05) is 0 Å². The standard InChI is InChI=1S/C5H10O6S2/c6-5(13(9,10)11)2-1-3-12(7,8)4-5/h6H,1-4H2,(H,9,10,11). The molecule has 1 fully saturated rings. The first-order chi connectivity index (χ1) is 5.66. The third kappa shape index (κ3) is 2.19. The molecule has 0 spiro atoms. The number of hydrogen-bond acceptors (Lipinski definition) is 5. The minimum Gasteiger partial charge on any atom is -0.372 e. The number of sulfone groups is 1. The maximum Gasteiger partial charge on any atom is 0.296 e. The molecule has 0 amide bonds. The summed E-state index contributed by atoms with van der Waals surface area (Å²) < 4.78 is 51.8. The van der Waals surface area contributed by atoms with Gasteiger partial charge in [-0.25, -0.2) is 8.42 Å². The van der Waals surface area contributed by atoms with Crippen molar-refractivity contribution in [1.82, 2.24) is 0 Å². The second-order valence-electron chi connectivity index (χ2n) is 3.12. The van der Waals surface area contributed by atoms with Gasteiger partial charge < -0.3 is 5.11 Å². The van der Waals surface area contributed by atoms with E-state index < -0.39 is 30.6 Å². The Morgan fingerprint density at radius 1 is 1.31 bits per heavy atom. The summed E-state index contributed by atoms with van der Waals surface area (Å²) in [5.74, 6) is -1.07. The molecule has 1 saturated heterocycles. The molecule has 0 radical (unpaired) electrons. The first kappa shape index (κ1) is 10.9. The third-order valence-electron chi connectivity index (χ3n) is 1.95. The van der Waals surface area contributed by atoms with E-state index in [-0.39, 0.29) is 18.6 Å². The lowest BCUT2D eigenvalue weighted by Gasteiger charge is -2.28. The number of aliphatic hydroxyl groups is 1. The van der Waals surface area contributed by atoms with Crippen molar-refractivity contribution in [2.45, 2.75) is 17.8 Å². The lowest BCUT2D eigenvalue weighted by molar-refractivity contribution is 0.121. The zero-order valence-electron chi connectivity index (χ0n) is 6.67. The fourth-order valence-corrected chi connectivity index (χ4v) is 4.36. The van der Waals surface area contributed by atoms with E-state index in [0.717, 1.165) is 0 Å². The van der Waals surface area contributed by atoms with E-state index in [4.69, 9.17) is 4.55 Å². The van der Waals surface area contributed by atoms with Gasteiger partial charge in [-0.3, -0.25) is 4.55 Å². The molecule has 1 aliphatic rings. The Balaban J connectivity index is 3.08. The molecule has 1 rings (SSSR count). The highest BCUT2D eigenvalue weighted by Crippen LogP contribution is 2.27. The van der Waals surface area contributed by atoms with Crippen LogP contribution in [0.4, 0.5) is 0 Å². The lowest BCUT2D eigenvalue weighted by atomic mass is 10.2. The molecule has 1 atom stereocenters. The van der Waals surface area contributed by atoms with Crippen LogP contribution >= 0.6 is 0 Å². The monoisotopic (exact) mass is 230 g/mol. The molecule has 0 saturated carbocycles. The molecule has 78 valence electrons. The number of rotatable bonds is 1. The summed E-state index contributed by atoms with van der Waals surface area (Å²) in [6, 6.07) is 0. The fraction of sp³-hybridized carbons (Fsp3) is 1.00. The van der Waals surface area contributed by atoms with Crippen molar-refractivity contribution in [3.05, 3.63) is 0 Å². The molecule has 1 aliphatic heterocycles. The first-order valence-electron chi connectivity index (χ1n) is 3.56. The van der Waals surface area contributed by atoms with Crippen molar-refractivity contribution in [3.63, 3.8) is 0 Å². The first-order valence-corrected chi connectivity index (χ1v) is 6.82. The number of hydrogen-bond donors (Lipinski definition) is 2. The van der Waals surface area contributed by atoms with Gasteiger partial charge in [0.1, 0.15) is 0 Å². The van der Waals surface area contributed by atoms with Crippen molar-refractivity contribution in [3.8, 4) is 0 Å². The van der Waals surface area contributed by atoms with Crippen LogP contribution in [0.15, 0.2) is 0 Å². The van der Waals surface area contributed by atoms with E-state index in [9.17, 15) is 21.9 Å². The Morgan fingerprint density at radius 2 is 1.85 bits per heavy atom. The molecule has 0 aromatic carbocycles. The normalized spacial score (nSPS) is 34.3. The third-order valence-corrected chi connectivity index (χ3v) is 5.27. The summed E-state index contributed by atoms with van der Waals surface area (Å²) in [6.07, 6.45) is -0.205. The maximum absolute atomic E-state index is 11.0. The molecule has 2 N–H and O–H groups in total. The molecule has 6 nitrogen and oxygen atoms in total. The van der Waals surface area contributed by atoms with E-state index in [1.165, 1.54) is 0 Å². The minimum absolute atomic E-state index is 0.0403. The van der Waals surface area contributed by atoms with Crippen LogP contribution in [0.25, 0.3) is 0 Å². The Bertz CT molecular complexity index is 393. The van der Waals surface area contributed by atoms with Gasteiger partial charge in [0.15, 0.2) is 9.84 Å². The fourth-order valence-electron chi connectivity index (χ4n) is 1.26. The van der Waals surface area contributed by atoms with Crippen LogP contribution < -0.4 is 0 Å².